The zero-order valence-electron chi connectivity index (χ0n) is 19.6. The average molecular weight is 443 g/mol. The van der Waals surface area contributed by atoms with Crippen molar-refractivity contribution in [2.75, 3.05) is 6.54 Å². The van der Waals surface area contributed by atoms with Gasteiger partial charge in [-0.2, -0.15) is 0 Å². The van der Waals surface area contributed by atoms with E-state index < -0.39 is 18.1 Å². The Balaban J connectivity index is 1.45. The van der Waals surface area contributed by atoms with Crippen LogP contribution in [0.15, 0.2) is 66.7 Å². The molecular weight excluding hydrogens is 408 g/mol. The van der Waals surface area contributed by atoms with Crippen molar-refractivity contribution in [1.29, 1.82) is 0 Å². The zero-order valence-corrected chi connectivity index (χ0v) is 19.6. The molecule has 1 aliphatic rings. The molecule has 4 heteroatoms. The van der Waals surface area contributed by atoms with Gasteiger partial charge in [0, 0.05) is 6.54 Å². The Morgan fingerprint density at radius 2 is 1.76 bits per heavy atom. The Labute approximate surface area is 197 Å². The van der Waals surface area contributed by atoms with Crippen LogP contribution in [0.25, 0.3) is 11.1 Å². The van der Waals surface area contributed by atoms with E-state index in [0.717, 1.165) is 31.4 Å². The van der Waals surface area contributed by atoms with Crippen LogP contribution in [0.2, 0.25) is 0 Å². The lowest BCUT2D eigenvalue weighted by atomic mass is 9.92. The number of hydrogen-bond donors (Lipinski definition) is 2. The summed E-state index contributed by atoms with van der Waals surface area (Å²) in [5.74, 6) is -0.441. The number of amides is 1. The first kappa shape index (κ1) is 23.2. The molecule has 172 valence electrons. The number of likely N-dealkylation sites (tertiary alicyclic amines) is 1. The molecule has 1 heterocycles. The molecule has 0 unspecified atom stereocenters. The minimum atomic E-state index is -0.675. The largest absolute Gasteiger partial charge is 0.391 e. The van der Waals surface area contributed by atoms with Crippen LogP contribution in [0.3, 0.4) is 0 Å². The van der Waals surface area contributed by atoms with E-state index in [9.17, 15) is 9.90 Å². The molecule has 1 saturated heterocycles. The smallest absolute Gasteiger partial charge is 0.237 e. The molecule has 3 aromatic carbocycles. The lowest BCUT2D eigenvalue weighted by Gasteiger charge is -2.37. The number of piperidine rings is 1. The summed E-state index contributed by atoms with van der Waals surface area (Å²) in [6.45, 7) is 5.78. The molecule has 2 atom stereocenters. The predicted molar refractivity (Wildman–Crippen MR) is 134 cm³/mol. The maximum atomic E-state index is 11.9. The summed E-state index contributed by atoms with van der Waals surface area (Å²) in [6.07, 6.45) is 2.81. The minimum absolute atomic E-state index is 0.441. The molecule has 1 fully saturated rings. The van der Waals surface area contributed by atoms with E-state index in [2.05, 4.69) is 80.6 Å². The van der Waals surface area contributed by atoms with Gasteiger partial charge < -0.3 is 10.8 Å². The quantitative estimate of drug-likeness (QED) is 0.563. The number of benzene rings is 3. The van der Waals surface area contributed by atoms with Crippen molar-refractivity contribution < 1.29 is 9.90 Å². The van der Waals surface area contributed by atoms with Gasteiger partial charge in [-0.25, -0.2) is 0 Å². The number of aryl methyl sites for hydroxylation is 3. The second-order valence-electron chi connectivity index (χ2n) is 9.24. The van der Waals surface area contributed by atoms with Crippen LogP contribution in [-0.4, -0.2) is 34.6 Å². The molecule has 0 radical (unpaired) electrons. The van der Waals surface area contributed by atoms with Gasteiger partial charge in [-0.1, -0.05) is 66.7 Å². The standard InChI is InChI=1S/C29H34N2O2/c1-20-18-22(19-31-17-7-12-27(32)28(31)29(30)33)13-14-23(20)15-16-24-10-6-11-26(21(24)2)25-8-4-3-5-9-25/h3-6,8-11,13-14,18,27-28,32H,7,12,15-17,19H2,1-2H3,(H2,30,33)/t27-,28-/m1/s1. The third kappa shape index (κ3) is 5.35. The van der Waals surface area contributed by atoms with Crippen LogP contribution in [0.4, 0.5) is 0 Å². The van der Waals surface area contributed by atoms with Gasteiger partial charge in [-0.3, -0.25) is 9.69 Å². The van der Waals surface area contributed by atoms with Crippen molar-refractivity contribution in [3.05, 3.63) is 94.5 Å². The van der Waals surface area contributed by atoms with Gasteiger partial charge in [-0.15, -0.1) is 0 Å². The number of carbonyl (C=O) groups is 1. The second kappa shape index (κ2) is 10.3. The maximum Gasteiger partial charge on any atom is 0.237 e. The van der Waals surface area contributed by atoms with Crippen molar-refractivity contribution >= 4 is 5.91 Å². The van der Waals surface area contributed by atoms with Crippen LogP contribution >= 0.6 is 0 Å². The van der Waals surface area contributed by atoms with Gasteiger partial charge in [-0.05, 0) is 85.0 Å². The first-order chi connectivity index (χ1) is 15.9. The maximum absolute atomic E-state index is 11.9. The molecule has 1 amide bonds. The van der Waals surface area contributed by atoms with Gasteiger partial charge in [0.25, 0.3) is 0 Å². The fraction of sp³-hybridized carbons (Fsp3) is 0.345. The monoisotopic (exact) mass is 442 g/mol. The lowest BCUT2D eigenvalue weighted by molar-refractivity contribution is -0.130. The van der Waals surface area contributed by atoms with E-state index >= 15 is 0 Å². The van der Waals surface area contributed by atoms with Gasteiger partial charge in [0.1, 0.15) is 6.04 Å². The third-order valence-electron chi connectivity index (χ3n) is 6.98. The Morgan fingerprint density at radius 1 is 1.00 bits per heavy atom. The Morgan fingerprint density at radius 3 is 2.48 bits per heavy atom. The second-order valence-corrected chi connectivity index (χ2v) is 9.24. The number of primary amides is 1. The highest BCUT2D eigenvalue weighted by atomic mass is 16.3. The zero-order chi connectivity index (χ0) is 23.4. The highest BCUT2D eigenvalue weighted by molar-refractivity contribution is 5.80. The third-order valence-corrected chi connectivity index (χ3v) is 6.98. The molecule has 0 spiro atoms. The number of rotatable bonds is 7. The highest BCUT2D eigenvalue weighted by Crippen LogP contribution is 2.27. The molecule has 33 heavy (non-hydrogen) atoms. The van der Waals surface area contributed by atoms with Crippen molar-refractivity contribution in [3.8, 4) is 11.1 Å². The highest BCUT2D eigenvalue weighted by Gasteiger charge is 2.34. The first-order valence-electron chi connectivity index (χ1n) is 11.9. The van der Waals surface area contributed by atoms with Crippen LogP contribution in [0.5, 0.6) is 0 Å². The summed E-state index contributed by atoms with van der Waals surface area (Å²) >= 11 is 0. The van der Waals surface area contributed by atoms with E-state index in [1.165, 1.54) is 33.4 Å². The van der Waals surface area contributed by atoms with E-state index in [0.29, 0.717) is 13.0 Å². The summed E-state index contributed by atoms with van der Waals surface area (Å²) in [7, 11) is 0. The number of aliphatic hydroxyl groups excluding tert-OH is 1. The summed E-state index contributed by atoms with van der Waals surface area (Å²) < 4.78 is 0. The summed E-state index contributed by atoms with van der Waals surface area (Å²) in [5.41, 5.74) is 14.6. The number of aliphatic hydroxyl groups is 1. The number of nitrogens with two attached hydrogens (primary N) is 1. The molecule has 0 bridgehead atoms. The van der Waals surface area contributed by atoms with Crippen molar-refractivity contribution in [1.82, 2.24) is 4.90 Å². The minimum Gasteiger partial charge on any atom is -0.391 e. The van der Waals surface area contributed by atoms with Crippen LogP contribution in [0.1, 0.15) is 40.7 Å². The van der Waals surface area contributed by atoms with Crippen LogP contribution in [0, 0.1) is 13.8 Å². The molecule has 4 rings (SSSR count). The normalized spacial score (nSPS) is 18.9. The van der Waals surface area contributed by atoms with E-state index in [1.807, 2.05) is 4.90 Å². The van der Waals surface area contributed by atoms with Crippen LogP contribution in [-0.2, 0) is 24.2 Å². The predicted octanol–water partition coefficient (Wildman–Crippen LogP) is 4.57. The molecular formula is C29H34N2O2. The summed E-state index contributed by atoms with van der Waals surface area (Å²) in [4.78, 5) is 13.9. The first-order valence-corrected chi connectivity index (χ1v) is 11.9. The van der Waals surface area contributed by atoms with Gasteiger partial charge in [0.15, 0.2) is 0 Å². The van der Waals surface area contributed by atoms with Gasteiger partial charge >= 0.3 is 0 Å². The molecule has 3 aromatic rings. The molecule has 0 aromatic heterocycles. The van der Waals surface area contributed by atoms with Gasteiger partial charge in [0.05, 0.1) is 6.10 Å². The molecule has 0 saturated carbocycles. The van der Waals surface area contributed by atoms with E-state index in [1.54, 1.807) is 0 Å². The number of carbonyl (C=O) groups excluding carboxylic acids is 1. The van der Waals surface area contributed by atoms with Crippen molar-refractivity contribution in [3.63, 3.8) is 0 Å². The summed E-state index contributed by atoms with van der Waals surface area (Å²) in [5, 5.41) is 10.2. The Kier molecular flexibility index (Phi) is 7.26. The number of hydrogen-bond acceptors (Lipinski definition) is 3. The SMILES string of the molecule is Cc1cc(CN2CCC[C@@H](O)[C@@H]2C(N)=O)ccc1CCc1cccc(-c2ccccc2)c1C. The lowest BCUT2D eigenvalue weighted by Crippen LogP contribution is -2.54. The Hall–Kier alpha value is -2.95. The van der Waals surface area contributed by atoms with Crippen molar-refractivity contribution in [2.45, 2.75) is 58.2 Å². The molecule has 4 nitrogen and oxygen atoms in total. The van der Waals surface area contributed by atoms with Gasteiger partial charge in [0.2, 0.25) is 5.91 Å². The fourth-order valence-corrected chi connectivity index (χ4v) is 5.12. The van der Waals surface area contributed by atoms with E-state index in [4.69, 9.17) is 5.73 Å². The summed E-state index contributed by atoms with van der Waals surface area (Å²) in [6, 6.07) is 23.1. The fourth-order valence-electron chi connectivity index (χ4n) is 5.12. The Bertz CT molecular complexity index is 1110. The van der Waals surface area contributed by atoms with E-state index in [-0.39, 0.29) is 0 Å². The topological polar surface area (TPSA) is 66.6 Å². The molecule has 3 N–H and O–H groups in total. The average Bonchev–Trinajstić information content (AvgIpc) is 2.80. The van der Waals surface area contributed by atoms with Crippen LogP contribution < -0.4 is 5.73 Å². The van der Waals surface area contributed by atoms with Crippen molar-refractivity contribution in [2.24, 2.45) is 5.73 Å². The number of nitrogens with zero attached hydrogens (tertiary/aromatic N) is 1. The molecule has 1 aliphatic heterocycles. The molecule has 0 aliphatic carbocycles.